The van der Waals surface area contributed by atoms with Crippen molar-refractivity contribution in [3.8, 4) is 0 Å². The Bertz CT molecular complexity index is 246. The van der Waals surface area contributed by atoms with Crippen LogP contribution in [0.3, 0.4) is 0 Å². The van der Waals surface area contributed by atoms with Gasteiger partial charge in [-0.05, 0) is 26.4 Å². The average Bonchev–Trinajstić information content (AvgIpc) is 2.09. The third-order valence-corrected chi connectivity index (χ3v) is 2.69. The van der Waals surface area contributed by atoms with Gasteiger partial charge in [-0.25, -0.2) is 8.42 Å². The molecule has 0 N–H and O–H groups in total. The van der Waals surface area contributed by atoms with Crippen LogP contribution < -0.4 is 29.6 Å². The Balaban J connectivity index is 0. The Labute approximate surface area is 121 Å². The number of rotatable bonds is 9. The van der Waals surface area contributed by atoms with Crippen LogP contribution in [-0.4, -0.2) is 57.0 Å². The molecule has 0 aliphatic heterocycles. The first-order chi connectivity index (χ1) is 6.95. The summed E-state index contributed by atoms with van der Waals surface area (Å²) in [7, 11) is -2.07. The second-order valence-electron chi connectivity index (χ2n) is 3.53. The SMILES string of the molecule is CCCN(C)CCOCCCS(=O)(=O)[O-].[Na+]. The third-order valence-electron chi connectivity index (χ3n) is 1.91. The van der Waals surface area contributed by atoms with Crippen LogP contribution in [0.2, 0.25) is 0 Å². The Morgan fingerprint density at radius 2 is 1.88 bits per heavy atom. The van der Waals surface area contributed by atoms with E-state index in [2.05, 4.69) is 11.8 Å². The minimum atomic E-state index is -4.08. The number of hydrogen-bond donors (Lipinski definition) is 0. The van der Waals surface area contributed by atoms with Gasteiger partial charge in [-0.2, -0.15) is 0 Å². The van der Waals surface area contributed by atoms with Crippen LogP contribution >= 0.6 is 0 Å². The fraction of sp³-hybridized carbons (Fsp3) is 1.00. The summed E-state index contributed by atoms with van der Waals surface area (Å²) in [5.41, 5.74) is 0. The molecule has 0 aromatic rings. The molecule has 0 radical (unpaired) electrons. The van der Waals surface area contributed by atoms with Gasteiger partial charge in [-0.1, -0.05) is 6.92 Å². The molecule has 0 aliphatic carbocycles. The van der Waals surface area contributed by atoms with Crippen LogP contribution in [0, 0.1) is 0 Å². The van der Waals surface area contributed by atoms with Crippen LogP contribution in [0.5, 0.6) is 0 Å². The first kappa shape index (κ1) is 19.2. The zero-order valence-electron chi connectivity index (χ0n) is 10.4. The first-order valence-corrected chi connectivity index (χ1v) is 6.73. The molecule has 0 unspecified atom stereocenters. The van der Waals surface area contributed by atoms with Crippen molar-refractivity contribution in [2.75, 3.05) is 39.1 Å². The van der Waals surface area contributed by atoms with Crippen LogP contribution in [-0.2, 0) is 14.9 Å². The molecule has 0 atom stereocenters. The Hall–Kier alpha value is 0.830. The first-order valence-electron chi connectivity index (χ1n) is 5.15. The van der Waals surface area contributed by atoms with Gasteiger partial charge >= 0.3 is 29.6 Å². The van der Waals surface area contributed by atoms with E-state index in [1.807, 2.05) is 7.05 Å². The quantitative estimate of drug-likeness (QED) is 0.256. The van der Waals surface area contributed by atoms with Crippen molar-refractivity contribution in [2.45, 2.75) is 19.8 Å². The van der Waals surface area contributed by atoms with Crippen LogP contribution in [0.25, 0.3) is 0 Å². The van der Waals surface area contributed by atoms with Gasteiger partial charge in [0.2, 0.25) is 0 Å². The van der Waals surface area contributed by atoms with E-state index in [0.29, 0.717) is 13.2 Å². The molecule has 0 saturated heterocycles. The van der Waals surface area contributed by atoms with E-state index in [4.69, 9.17) is 4.74 Å². The molecule has 0 aromatic heterocycles. The van der Waals surface area contributed by atoms with Crippen molar-refractivity contribution in [3.05, 3.63) is 0 Å². The van der Waals surface area contributed by atoms with Gasteiger partial charge in [0.25, 0.3) is 0 Å². The van der Waals surface area contributed by atoms with Crippen molar-refractivity contribution >= 4 is 10.1 Å². The van der Waals surface area contributed by atoms with Gasteiger partial charge in [-0.15, -0.1) is 0 Å². The van der Waals surface area contributed by atoms with Gasteiger partial charge in [0.15, 0.2) is 0 Å². The smallest absolute Gasteiger partial charge is 0.748 e. The molecule has 92 valence electrons. The summed E-state index contributed by atoms with van der Waals surface area (Å²) in [6.45, 7) is 4.88. The molecular formula is C9H20NNaO4S. The predicted molar refractivity (Wildman–Crippen MR) is 57.8 cm³/mol. The molecule has 7 heteroatoms. The van der Waals surface area contributed by atoms with E-state index < -0.39 is 10.1 Å². The molecule has 0 saturated carbocycles. The summed E-state index contributed by atoms with van der Waals surface area (Å²) in [4.78, 5) is 2.14. The van der Waals surface area contributed by atoms with Gasteiger partial charge in [0, 0.05) is 18.9 Å². The van der Waals surface area contributed by atoms with E-state index in [1.165, 1.54) is 0 Å². The summed E-state index contributed by atoms with van der Waals surface area (Å²) in [5.74, 6) is -0.336. The topological polar surface area (TPSA) is 69.7 Å². The standard InChI is InChI=1S/C9H21NO4S.Na/c1-3-5-10(2)6-8-14-7-4-9-15(11,12)13;/h3-9H2,1-2H3,(H,11,12,13);/q;+1/p-1. The zero-order valence-corrected chi connectivity index (χ0v) is 13.3. The van der Waals surface area contributed by atoms with Crippen molar-refractivity contribution < 1.29 is 47.3 Å². The molecule has 16 heavy (non-hydrogen) atoms. The summed E-state index contributed by atoms with van der Waals surface area (Å²) in [5, 5.41) is 0. The fourth-order valence-electron chi connectivity index (χ4n) is 1.15. The number of hydrogen-bond acceptors (Lipinski definition) is 5. The summed E-state index contributed by atoms with van der Waals surface area (Å²) < 4.78 is 35.9. The Morgan fingerprint density at radius 1 is 1.25 bits per heavy atom. The minimum Gasteiger partial charge on any atom is -0.748 e. The van der Waals surface area contributed by atoms with Gasteiger partial charge in [-0.3, -0.25) is 0 Å². The van der Waals surface area contributed by atoms with Crippen LogP contribution in [0.1, 0.15) is 19.8 Å². The maximum absolute atomic E-state index is 10.2. The van der Waals surface area contributed by atoms with Crippen LogP contribution in [0.15, 0.2) is 0 Å². The predicted octanol–water partition coefficient (Wildman–Crippen LogP) is -2.72. The molecule has 0 aliphatic rings. The number of ether oxygens (including phenoxy) is 1. The van der Waals surface area contributed by atoms with Crippen molar-refractivity contribution in [1.29, 1.82) is 0 Å². The Morgan fingerprint density at radius 3 is 2.38 bits per heavy atom. The third kappa shape index (κ3) is 14.8. The molecule has 0 rings (SSSR count). The van der Waals surface area contributed by atoms with Crippen molar-refractivity contribution in [1.82, 2.24) is 4.90 Å². The van der Waals surface area contributed by atoms with Crippen LogP contribution in [0.4, 0.5) is 0 Å². The summed E-state index contributed by atoms with van der Waals surface area (Å²) in [6, 6.07) is 0. The number of likely N-dealkylation sites (N-methyl/N-ethyl adjacent to an activating group) is 1. The molecule has 5 nitrogen and oxygen atoms in total. The normalized spacial score (nSPS) is 11.5. The van der Waals surface area contributed by atoms with E-state index in [9.17, 15) is 13.0 Å². The second-order valence-corrected chi connectivity index (χ2v) is 5.05. The largest absolute Gasteiger partial charge is 1.00 e. The second kappa shape index (κ2) is 11.0. The fourth-order valence-corrected chi connectivity index (χ4v) is 1.63. The molecule has 0 amide bonds. The maximum Gasteiger partial charge on any atom is 1.00 e. The monoisotopic (exact) mass is 261 g/mol. The molecule has 0 bridgehead atoms. The maximum atomic E-state index is 10.2. The number of nitrogens with zero attached hydrogens (tertiary/aromatic N) is 1. The molecule has 0 spiro atoms. The summed E-state index contributed by atoms with van der Waals surface area (Å²) in [6.07, 6.45) is 1.38. The minimum absolute atomic E-state index is 0. The molecule has 0 aromatic carbocycles. The Kier molecular flexibility index (Phi) is 13.1. The van der Waals surface area contributed by atoms with E-state index in [1.54, 1.807) is 0 Å². The van der Waals surface area contributed by atoms with E-state index in [0.717, 1.165) is 19.5 Å². The van der Waals surface area contributed by atoms with Crippen molar-refractivity contribution in [3.63, 3.8) is 0 Å². The molecular weight excluding hydrogens is 241 g/mol. The van der Waals surface area contributed by atoms with Gasteiger partial charge in [0.05, 0.1) is 16.7 Å². The van der Waals surface area contributed by atoms with Crippen molar-refractivity contribution in [2.24, 2.45) is 0 Å². The molecule has 0 fully saturated rings. The van der Waals surface area contributed by atoms with Gasteiger partial charge in [0.1, 0.15) is 0 Å². The summed E-state index contributed by atoms with van der Waals surface area (Å²) >= 11 is 0. The zero-order chi connectivity index (χ0) is 11.7. The van der Waals surface area contributed by atoms with E-state index >= 15 is 0 Å². The van der Waals surface area contributed by atoms with E-state index in [-0.39, 0.29) is 41.7 Å². The van der Waals surface area contributed by atoms with Gasteiger partial charge < -0.3 is 14.2 Å². The molecule has 0 heterocycles. The average molecular weight is 261 g/mol.